The largest absolute Gasteiger partial charge is 0.337 e. The zero-order chi connectivity index (χ0) is 13.5. The highest BCUT2D eigenvalue weighted by Gasteiger charge is 2.19. The van der Waals surface area contributed by atoms with Gasteiger partial charge in [0.15, 0.2) is 5.82 Å². The Morgan fingerprint density at radius 1 is 1.32 bits per heavy atom. The normalized spacial score (nSPS) is 16.3. The minimum absolute atomic E-state index is 0.251. The number of urea groups is 1. The first-order valence-electron chi connectivity index (χ1n) is 6.65. The third kappa shape index (κ3) is 4.05. The second-order valence-corrected chi connectivity index (χ2v) is 5.01. The lowest BCUT2D eigenvalue weighted by Gasteiger charge is -2.22. The van der Waals surface area contributed by atoms with Crippen molar-refractivity contribution < 1.29 is 4.79 Å². The van der Waals surface area contributed by atoms with Crippen molar-refractivity contribution in [3.63, 3.8) is 0 Å². The fourth-order valence-corrected chi connectivity index (χ4v) is 2.42. The fourth-order valence-electron chi connectivity index (χ4n) is 2.32. The smallest absolute Gasteiger partial charge is 0.315 e. The maximum absolute atomic E-state index is 11.4. The molecule has 1 aliphatic rings. The summed E-state index contributed by atoms with van der Waals surface area (Å²) in [6.07, 6.45) is 5.93. The number of hydrogen-bond donors (Lipinski definition) is 2. The predicted molar refractivity (Wildman–Crippen MR) is 70.9 cm³/mol. The van der Waals surface area contributed by atoms with Gasteiger partial charge in [-0.05, 0) is 23.3 Å². The van der Waals surface area contributed by atoms with Gasteiger partial charge in [0.05, 0.1) is 12.6 Å². The summed E-state index contributed by atoms with van der Waals surface area (Å²) in [5.41, 5.74) is 0. The Morgan fingerprint density at radius 3 is 2.84 bits per heavy atom. The molecule has 0 aromatic carbocycles. The lowest BCUT2D eigenvalue weighted by Crippen LogP contribution is -2.37. The van der Waals surface area contributed by atoms with E-state index in [9.17, 15) is 4.79 Å². The first-order valence-corrected chi connectivity index (χ1v) is 7.19. The number of tetrazole rings is 1. The van der Waals surface area contributed by atoms with E-state index >= 15 is 0 Å². The Morgan fingerprint density at radius 2 is 2.11 bits per heavy atom. The van der Waals surface area contributed by atoms with Crippen LogP contribution in [0, 0.1) is 0 Å². The summed E-state index contributed by atoms with van der Waals surface area (Å²) in [4.78, 5) is 11.4. The van der Waals surface area contributed by atoms with E-state index in [1.807, 2.05) is 4.68 Å². The van der Waals surface area contributed by atoms with E-state index < -0.39 is 0 Å². The van der Waals surface area contributed by atoms with E-state index in [-0.39, 0.29) is 6.03 Å². The molecule has 2 N–H and O–H groups in total. The molecule has 1 fully saturated rings. The lowest BCUT2D eigenvalue weighted by molar-refractivity contribution is 0.240. The van der Waals surface area contributed by atoms with E-state index in [0.29, 0.717) is 30.8 Å². The fraction of sp³-hybridized carbons (Fsp3) is 0.818. The van der Waals surface area contributed by atoms with Crippen LogP contribution < -0.4 is 10.6 Å². The molecule has 8 heteroatoms. The molecule has 1 aromatic rings. The van der Waals surface area contributed by atoms with Crippen LogP contribution in [0.4, 0.5) is 4.79 Å². The van der Waals surface area contributed by atoms with Gasteiger partial charge in [0.2, 0.25) is 0 Å². The number of nitrogens with one attached hydrogen (secondary N) is 2. The summed E-state index contributed by atoms with van der Waals surface area (Å²) in [6, 6.07) is 0.116. The molecule has 0 unspecified atom stereocenters. The Bertz CT molecular complexity index is 404. The van der Waals surface area contributed by atoms with Gasteiger partial charge in [0.25, 0.3) is 0 Å². The summed E-state index contributed by atoms with van der Waals surface area (Å²) in [7, 11) is 0. The number of aromatic nitrogens is 4. The van der Waals surface area contributed by atoms with Crippen molar-refractivity contribution in [1.29, 1.82) is 0 Å². The summed E-state index contributed by atoms with van der Waals surface area (Å²) in [6.45, 7) is 0.776. The first kappa shape index (κ1) is 14.0. The van der Waals surface area contributed by atoms with Crippen LogP contribution in [0.1, 0.15) is 44.0 Å². The van der Waals surface area contributed by atoms with Crippen molar-refractivity contribution in [2.75, 3.05) is 12.4 Å². The van der Waals surface area contributed by atoms with Gasteiger partial charge in [0, 0.05) is 12.4 Å². The summed E-state index contributed by atoms with van der Waals surface area (Å²) >= 11 is 5.49. The number of carbonyl (C=O) groups is 1. The zero-order valence-electron chi connectivity index (χ0n) is 10.8. The molecule has 0 radical (unpaired) electrons. The Hall–Kier alpha value is -1.37. The van der Waals surface area contributed by atoms with Gasteiger partial charge in [-0.25, -0.2) is 9.48 Å². The molecule has 0 atom stereocenters. The number of halogens is 1. The van der Waals surface area contributed by atoms with E-state index in [1.165, 1.54) is 19.3 Å². The second kappa shape index (κ2) is 7.28. The minimum Gasteiger partial charge on any atom is -0.337 e. The van der Waals surface area contributed by atoms with Crippen LogP contribution in [-0.4, -0.2) is 38.7 Å². The average Bonchev–Trinajstić information content (AvgIpc) is 2.92. The van der Waals surface area contributed by atoms with Gasteiger partial charge in [-0.1, -0.05) is 19.3 Å². The maximum Gasteiger partial charge on any atom is 0.315 e. The third-order valence-electron chi connectivity index (χ3n) is 3.27. The van der Waals surface area contributed by atoms with Crippen LogP contribution in [0.2, 0.25) is 0 Å². The van der Waals surface area contributed by atoms with Crippen molar-refractivity contribution in [2.24, 2.45) is 0 Å². The summed E-state index contributed by atoms with van der Waals surface area (Å²) in [5, 5.41) is 17.1. The van der Waals surface area contributed by atoms with E-state index in [0.717, 1.165) is 12.8 Å². The topological polar surface area (TPSA) is 84.7 Å². The lowest BCUT2D eigenvalue weighted by atomic mass is 9.96. The van der Waals surface area contributed by atoms with Crippen molar-refractivity contribution in [1.82, 2.24) is 30.8 Å². The van der Waals surface area contributed by atoms with Crippen molar-refractivity contribution in [3.05, 3.63) is 5.82 Å². The minimum atomic E-state index is -0.251. The molecule has 0 bridgehead atoms. The average molecular weight is 287 g/mol. The van der Waals surface area contributed by atoms with Gasteiger partial charge in [-0.2, -0.15) is 0 Å². The molecule has 1 heterocycles. The highest BCUT2D eigenvalue weighted by molar-refractivity contribution is 6.18. The van der Waals surface area contributed by atoms with Crippen LogP contribution in [0.15, 0.2) is 0 Å². The van der Waals surface area contributed by atoms with Gasteiger partial charge >= 0.3 is 6.03 Å². The van der Waals surface area contributed by atoms with E-state index in [4.69, 9.17) is 11.6 Å². The second-order valence-electron chi connectivity index (χ2n) is 4.63. The van der Waals surface area contributed by atoms with Crippen molar-refractivity contribution >= 4 is 17.6 Å². The Balaban J connectivity index is 1.86. The van der Waals surface area contributed by atoms with Crippen LogP contribution in [0.3, 0.4) is 0 Å². The molecular formula is C11H19ClN6O. The molecular weight excluding hydrogens is 268 g/mol. The SMILES string of the molecule is O=C(NCCCl)NCc1nnnn1C1CCCCC1. The monoisotopic (exact) mass is 286 g/mol. The number of nitrogens with zero attached hydrogens (tertiary/aromatic N) is 4. The molecule has 2 amide bonds. The number of amides is 2. The van der Waals surface area contributed by atoms with E-state index in [1.54, 1.807) is 0 Å². The zero-order valence-corrected chi connectivity index (χ0v) is 11.6. The van der Waals surface area contributed by atoms with Crippen LogP contribution in [-0.2, 0) is 6.54 Å². The molecule has 1 aromatic heterocycles. The molecule has 106 valence electrons. The number of rotatable bonds is 5. The molecule has 7 nitrogen and oxygen atoms in total. The molecule has 19 heavy (non-hydrogen) atoms. The molecule has 0 aliphatic heterocycles. The molecule has 1 aliphatic carbocycles. The van der Waals surface area contributed by atoms with Crippen molar-refractivity contribution in [2.45, 2.75) is 44.7 Å². The maximum atomic E-state index is 11.4. The first-order chi connectivity index (χ1) is 9.31. The Labute approximate surface area is 117 Å². The quantitative estimate of drug-likeness (QED) is 0.797. The summed E-state index contributed by atoms with van der Waals surface area (Å²) < 4.78 is 1.85. The number of carbonyl (C=O) groups excluding carboxylic acids is 1. The third-order valence-corrected chi connectivity index (χ3v) is 3.46. The molecule has 1 saturated carbocycles. The Kier molecular flexibility index (Phi) is 5.38. The standard InChI is InChI=1S/C11H19ClN6O/c12-6-7-13-11(19)14-8-10-15-16-17-18(10)9-4-2-1-3-5-9/h9H,1-8H2,(H2,13,14,19). The van der Waals surface area contributed by atoms with Gasteiger partial charge in [0.1, 0.15) is 0 Å². The van der Waals surface area contributed by atoms with E-state index in [2.05, 4.69) is 26.2 Å². The van der Waals surface area contributed by atoms with Crippen LogP contribution >= 0.6 is 11.6 Å². The molecule has 0 saturated heterocycles. The molecule has 0 spiro atoms. The van der Waals surface area contributed by atoms with Gasteiger partial charge in [-0.15, -0.1) is 16.7 Å². The highest BCUT2D eigenvalue weighted by atomic mass is 35.5. The number of hydrogen-bond acceptors (Lipinski definition) is 4. The van der Waals surface area contributed by atoms with Crippen molar-refractivity contribution in [3.8, 4) is 0 Å². The summed E-state index contributed by atoms with van der Waals surface area (Å²) in [5.74, 6) is 1.10. The van der Waals surface area contributed by atoms with Gasteiger partial charge < -0.3 is 10.6 Å². The highest BCUT2D eigenvalue weighted by Crippen LogP contribution is 2.27. The van der Waals surface area contributed by atoms with Crippen LogP contribution in [0.5, 0.6) is 0 Å². The number of alkyl halides is 1. The predicted octanol–water partition coefficient (Wildman–Crippen LogP) is 1.22. The van der Waals surface area contributed by atoms with Gasteiger partial charge in [-0.3, -0.25) is 0 Å². The van der Waals surface area contributed by atoms with Crippen LogP contribution in [0.25, 0.3) is 0 Å². The molecule has 2 rings (SSSR count).